The summed E-state index contributed by atoms with van der Waals surface area (Å²) in [5, 5.41) is 3.62. The molecule has 0 radical (unpaired) electrons. The van der Waals surface area contributed by atoms with Crippen LogP contribution in [0, 0.1) is 0 Å². The summed E-state index contributed by atoms with van der Waals surface area (Å²) >= 11 is 8.89. The number of ether oxygens (including phenoxy) is 2. The van der Waals surface area contributed by atoms with Crippen LogP contribution in [-0.4, -0.2) is 46.3 Å². The van der Waals surface area contributed by atoms with Crippen molar-refractivity contribution < 1.29 is 23.9 Å². The molecule has 11 heteroatoms. The van der Waals surface area contributed by atoms with E-state index in [4.69, 9.17) is 21.1 Å². The van der Waals surface area contributed by atoms with Gasteiger partial charge in [0, 0.05) is 23.5 Å². The molecule has 0 fully saturated rings. The zero-order valence-corrected chi connectivity index (χ0v) is 22.9. The van der Waals surface area contributed by atoms with Gasteiger partial charge in [-0.05, 0) is 55.5 Å². The number of nitrogens with zero attached hydrogens (tertiary/aromatic N) is 2. The molecule has 3 heterocycles. The Morgan fingerprint density at radius 1 is 1.08 bits per heavy atom. The molecule has 1 unspecified atom stereocenters. The number of anilines is 1. The molecule has 39 heavy (non-hydrogen) atoms. The number of amides is 2. The number of hydrogen-bond donors (Lipinski definition) is 1. The number of ketones is 1. The maximum absolute atomic E-state index is 13.2. The van der Waals surface area contributed by atoms with Crippen LogP contribution in [0.3, 0.4) is 0 Å². The van der Waals surface area contributed by atoms with Gasteiger partial charge in [0.05, 0.1) is 38.4 Å². The van der Waals surface area contributed by atoms with Crippen molar-refractivity contribution in [1.29, 1.82) is 0 Å². The average Bonchev–Trinajstić information content (AvgIpc) is 3.45. The normalized spacial score (nSPS) is 17.5. The van der Waals surface area contributed by atoms with Crippen LogP contribution >= 0.6 is 34.7 Å². The molecule has 3 aromatic carbocycles. The molecule has 1 aromatic heterocycles. The van der Waals surface area contributed by atoms with Gasteiger partial charge in [0.1, 0.15) is 5.75 Å². The van der Waals surface area contributed by atoms with Crippen LogP contribution in [0.5, 0.6) is 5.75 Å². The minimum absolute atomic E-state index is 0.176. The first-order valence-electron chi connectivity index (χ1n) is 12.0. The first-order valence-corrected chi connectivity index (χ1v) is 14.2. The van der Waals surface area contributed by atoms with E-state index >= 15 is 0 Å². The number of hydrogen-bond acceptors (Lipinski definition) is 9. The lowest BCUT2D eigenvalue weighted by atomic mass is 10.00. The average molecular weight is 578 g/mol. The highest BCUT2D eigenvalue weighted by molar-refractivity contribution is 8.01. The van der Waals surface area contributed by atoms with Gasteiger partial charge in [-0.2, -0.15) is 0 Å². The Kier molecular flexibility index (Phi) is 6.86. The van der Waals surface area contributed by atoms with Gasteiger partial charge in [-0.25, -0.2) is 4.98 Å². The van der Waals surface area contributed by atoms with Crippen molar-refractivity contribution in [3.63, 3.8) is 0 Å². The molecule has 196 valence electrons. The van der Waals surface area contributed by atoms with E-state index in [0.717, 1.165) is 20.2 Å². The third kappa shape index (κ3) is 4.80. The van der Waals surface area contributed by atoms with E-state index in [-0.39, 0.29) is 23.5 Å². The number of aromatic nitrogens is 1. The number of thioether (sulfide) groups is 1. The van der Waals surface area contributed by atoms with E-state index in [1.807, 2.05) is 25.1 Å². The lowest BCUT2D eigenvalue weighted by Gasteiger charge is -2.27. The van der Waals surface area contributed by atoms with Gasteiger partial charge in [0.15, 0.2) is 4.34 Å². The van der Waals surface area contributed by atoms with Crippen LogP contribution in [0.1, 0.15) is 38.0 Å². The van der Waals surface area contributed by atoms with Gasteiger partial charge in [-0.3, -0.25) is 19.3 Å². The molecule has 6 rings (SSSR count). The van der Waals surface area contributed by atoms with Gasteiger partial charge in [0.25, 0.3) is 11.8 Å². The number of halogens is 1. The van der Waals surface area contributed by atoms with E-state index in [2.05, 4.69) is 10.3 Å². The summed E-state index contributed by atoms with van der Waals surface area (Å²) in [4.78, 5) is 44.3. The first kappa shape index (κ1) is 25.6. The maximum atomic E-state index is 13.2. The molecular formula is C28H20ClN3O5S2. The quantitative estimate of drug-likeness (QED) is 0.157. The van der Waals surface area contributed by atoms with Crippen molar-refractivity contribution in [2.24, 2.45) is 0 Å². The molecule has 4 aromatic rings. The fourth-order valence-electron chi connectivity index (χ4n) is 4.32. The monoisotopic (exact) mass is 577 g/mol. The van der Waals surface area contributed by atoms with Gasteiger partial charge in [-0.1, -0.05) is 35.5 Å². The van der Waals surface area contributed by atoms with Crippen molar-refractivity contribution in [1.82, 2.24) is 9.88 Å². The third-order valence-corrected chi connectivity index (χ3v) is 8.59. The van der Waals surface area contributed by atoms with Gasteiger partial charge >= 0.3 is 0 Å². The van der Waals surface area contributed by atoms with Crippen LogP contribution in [0.2, 0.25) is 5.02 Å². The number of imide groups is 1. The molecule has 2 aliphatic heterocycles. The molecule has 1 N–H and O–H groups in total. The van der Waals surface area contributed by atoms with Crippen molar-refractivity contribution >= 4 is 68.2 Å². The van der Waals surface area contributed by atoms with E-state index in [9.17, 15) is 14.4 Å². The van der Waals surface area contributed by atoms with Crippen molar-refractivity contribution in [2.75, 3.05) is 17.8 Å². The Morgan fingerprint density at radius 3 is 2.59 bits per heavy atom. The zero-order chi connectivity index (χ0) is 27.1. The number of nitrogens with one attached hydrogen (secondary N) is 1. The first-order chi connectivity index (χ1) is 18.9. The topological polar surface area (TPSA) is 97.8 Å². The summed E-state index contributed by atoms with van der Waals surface area (Å²) in [6.07, 6.45) is 0.744. The summed E-state index contributed by atoms with van der Waals surface area (Å²) in [5.74, 6) is -0.205. The van der Waals surface area contributed by atoms with Gasteiger partial charge in [0.2, 0.25) is 12.1 Å². The second-order valence-electron chi connectivity index (χ2n) is 8.64. The van der Waals surface area contributed by atoms with Crippen molar-refractivity contribution in [3.05, 3.63) is 94.1 Å². The molecule has 0 aliphatic carbocycles. The van der Waals surface area contributed by atoms with Crippen LogP contribution < -0.4 is 10.1 Å². The lowest BCUT2D eigenvalue weighted by Crippen LogP contribution is -2.33. The molecule has 8 nitrogen and oxygen atoms in total. The highest BCUT2D eigenvalue weighted by atomic mass is 35.5. The molecule has 2 amide bonds. The molecule has 2 aliphatic rings. The zero-order valence-electron chi connectivity index (χ0n) is 20.5. The predicted molar refractivity (Wildman–Crippen MR) is 151 cm³/mol. The lowest BCUT2D eigenvalue weighted by molar-refractivity contribution is -0.0509. The molecule has 0 saturated heterocycles. The summed E-state index contributed by atoms with van der Waals surface area (Å²) < 4.78 is 13.2. The largest absolute Gasteiger partial charge is 0.460 e. The number of benzene rings is 3. The second kappa shape index (κ2) is 10.5. The fourth-order valence-corrected chi connectivity index (χ4v) is 6.53. The summed E-state index contributed by atoms with van der Waals surface area (Å²) in [6.45, 7) is 2.20. The van der Waals surface area contributed by atoms with Crippen LogP contribution in [-0.2, 0) is 4.74 Å². The highest BCUT2D eigenvalue weighted by Crippen LogP contribution is 2.35. The molecule has 0 saturated carbocycles. The standard InChI is InChI=1S/C28H20ClN3O5S2/c1-2-36-27-20(24(33)19-11-15(29)7-10-22(19)37-27)13-30-16-8-9-21-23(12-16)39-28(31-21)38-14-32-25(34)17-5-3-4-6-18(17)26(32)35/h3-13,27,30H,2,14H2,1H3. The second-order valence-corrected chi connectivity index (χ2v) is 11.3. The number of Topliss-reactive ketones (excluding diaryl/α,β-unsaturated/α-hetero) is 1. The van der Waals surface area contributed by atoms with Crippen LogP contribution in [0.4, 0.5) is 5.69 Å². The highest BCUT2D eigenvalue weighted by Gasteiger charge is 2.35. The number of fused-ring (bicyclic) bond motifs is 3. The minimum atomic E-state index is -0.846. The Hall–Kier alpha value is -3.70. The number of carbonyl (C=O) groups excluding carboxylic acids is 3. The maximum Gasteiger partial charge on any atom is 0.262 e. The molecule has 1 atom stereocenters. The van der Waals surface area contributed by atoms with E-state index in [1.165, 1.54) is 28.0 Å². The van der Waals surface area contributed by atoms with Gasteiger partial charge < -0.3 is 14.8 Å². The van der Waals surface area contributed by atoms with Gasteiger partial charge in [-0.15, -0.1) is 11.3 Å². The van der Waals surface area contributed by atoms with Crippen molar-refractivity contribution in [3.8, 4) is 5.75 Å². The Morgan fingerprint density at radius 2 is 1.85 bits per heavy atom. The van der Waals surface area contributed by atoms with E-state index < -0.39 is 6.29 Å². The smallest absolute Gasteiger partial charge is 0.262 e. The number of rotatable bonds is 7. The van der Waals surface area contributed by atoms with E-state index in [0.29, 0.717) is 39.6 Å². The number of thiazole rings is 1. The van der Waals surface area contributed by atoms with Crippen LogP contribution in [0.15, 0.2) is 76.8 Å². The van der Waals surface area contributed by atoms with Crippen molar-refractivity contribution in [2.45, 2.75) is 17.6 Å². The minimum Gasteiger partial charge on any atom is -0.460 e. The SMILES string of the molecule is CCOC1Oc2ccc(Cl)cc2C(=O)C1=CNc1ccc2nc(SCN3C(=O)c4ccccc4C3=O)sc2c1. The van der Waals surface area contributed by atoms with E-state index in [1.54, 1.807) is 48.7 Å². The summed E-state index contributed by atoms with van der Waals surface area (Å²) in [7, 11) is 0. The molecule has 0 bridgehead atoms. The summed E-state index contributed by atoms with van der Waals surface area (Å²) in [6, 6.07) is 17.4. The fraction of sp³-hybridized carbons (Fsp3) is 0.143. The molecule has 0 spiro atoms. The third-order valence-electron chi connectivity index (χ3n) is 6.21. The predicted octanol–water partition coefficient (Wildman–Crippen LogP) is 6.23. The number of carbonyl (C=O) groups is 3. The molecular weight excluding hydrogens is 558 g/mol. The van der Waals surface area contributed by atoms with Crippen LogP contribution in [0.25, 0.3) is 10.2 Å². The Labute approximate surface area is 236 Å². The Balaban J connectivity index is 1.18. The Bertz CT molecular complexity index is 1650. The summed E-state index contributed by atoms with van der Waals surface area (Å²) in [5.41, 5.74) is 3.10.